The molecule has 3 aromatic rings. The summed E-state index contributed by atoms with van der Waals surface area (Å²) >= 11 is 0. The Labute approximate surface area is 150 Å². The van der Waals surface area contributed by atoms with Crippen LogP contribution in [-0.4, -0.2) is 50.2 Å². The van der Waals surface area contributed by atoms with Crippen molar-refractivity contribution >= 4 is 33.8 Å². The van der Waals surface area contributed by atoms with Gasteiger partial charge < -0.3 is 15.2 Å². The first-order valence-corrected chi connectivity index (χ1v) is 9.22. The minimum absolute atomic E-state index is 0.00812. The summed E-state index contributed by atoms with van der Waals surface area (Å²) in [6.07, 6.45) is 5.87. The lowest BCUT2D eigenvalue weighted by atomic mass is 9.96. The maximum absolute atomic E-state index is 12.5. The van der Waals surface area contributed by atoms with E-state index in [1.54, 1.807) is 6.20 Å². The van der Waals surface area contributed by atoms with Crippen LogP contribution in [0.1, 0.15) is 31.5 Å². The Kier molecular flexibility index (Phi) is 3.51. The molecule has 1 saturated carbocycles. The Bertz CT molecular complexity index is 994. The SMILES string of the molecule is Cc1nc(N2CCCC(C(=O)NC3CC3)C2)c2c(nnc3nccc32)[nH]1. The average molecular weight is 351 g/mol. The summed E-state index contributed by atoms with van der Waals surface area (Å²) in [5.74, 6) is 1.84. The number of nitrogens with one attached hydrogen (secondary N) is 2. The van der Waals surface area contributed by atoms with Crippen molar-refractivity contribution in [3.63, 3.8) is 0 Å². The fourth-order valence-electron chi connectivity index (χ4n) is 3.76. The number of carbonyl (C=O) groups is 1. The number of anilines is 1. The van der Waals surface area contributed by atoms with E-state index in [-0.39, 0.29) is 11.8 Å². The summed E-state index contributed by atoms with van der Waals surface area (Å²) < 4.78 is 0. The van der Waals surface area contributed by atoms with Gasteiger partial charge in [-0.05, 0) is 38.7 Å². The molecule has 26 heavy (non-hydrogen) atoms. The number of aromatic nitrogens is 5. The van der Waals surface area contributed by atoms with Gasteiger partial charge in [0.2, 0.25) is 5.91 Å². The van der Waals surface area contributed by atoms with Crippen molar-refractivity contribution in [2.75, 3.05) is 18.0 Å². The van der Waals surface area contributed by atoms with Crippen molar-refractivity contribution in [3.05, 3.63) is 18.1 Å². The summed E-state index contributed by atoms with van der Waals surface area (Å²) in [7, 11) is 0. The molecule has 0 radical (unpaired) electrons. The van der Waals surface area contributed by atoms with Gasteiger partial charge in [0.1, 0.15) is 11.6 Å². The molecule has 8 nitrogen and oxygen atoms in total. The van der Waals surface area contributed by atoms with Crippen LogP contribution in [0.25, 0.3) is 22.1 Å². The van der Waals surface area contributed by atoms with Gasteiger partial charge in [-0.2, -0.15) is 0 Å². The van der Waals surface area contributed by atoms with Gasteiger partial charge in [-0.25, -0.2) is 9.97 Å². The number of nitrogens with zero attached hydrogens (tertiary/aromatic N) is 5. The zero-order chi connectivity index (χ0) is 17.7. The van der Waals surface area contributed by atoms with Crippen LogP contribution in [0.2, 0.25) is 0 Å². The molecular formula is C18H21N7O. The van der Waals surface area contributed by atoms with Crippen LogP contribution < -0.4 is 10.2 Å². The number of carbonyl (C=O) groups excluding carboxylic acids is 1. The smallest absolute Gasteiger partial charge is 0.225 e. The molecule has 2 aliphatic rings. The van der Waals surface area contributed by atoms with Gasteiger partial charge in [-0.15, -0.1) is 10.2 Å². The van der Waals surface area contributed by atoms with Gasteiger partial charge in [0.05, 0.1) is 11.3 Å². The Morgan fingerprint density at radius 2 is 2.19 bits per heavy atom. The third kappa shape index (κ3) is 2.65. The first kappa shape index (κ1) is 15.5. The van der Waals surface area contributed by atoms with Gasteiger partial charge in [-0.1, -0.05) is 0 Å². The maximum Gasteiger partial charge on any atom is 0.225 e. The highest BCUT2D eigenvalue weighted by atomic mass is 16.2. The Morgan fingerprint density at radius 3 is 3.04 bits per heavy atom. The fraction of sp³-hybridized carbons (Fsp3) is 0.500. The zero-order valence-corrected chi connectivity index (χ0v) is 14.7. The van der Waals surface area contributed by atoms with Crippen LogP contribution in [0.3, 0.4) is 0 Å². The summed E-state index contributed by atoms with van der Waals surface area (Å²) in [6.45, 7) is 3.48. The van der Waals surface area contributed by atoms with Gasteiger partial charge >= 0.3 is 0 Å². The van der Waals surface area contributed by atoms with Crippen LogP contribution in [0, 0.1) is 12.8 Å². The third-order valence-corrected chi connectivity index (χ3v) is 5.24. The molecule has 1 aliphatic carbocycles. The lowest BCUT2D eigenvalue weighted by molar-refractivity contribution is -0.125. The highest BCUT2D eigenvalue weighted by Crippen LogP contribution is 2.32. The molecule has 0 spiro atoms. The predicted molar refractivity (Wildman–Crippen MR) is 97.8 cm³/mol. The van der Waals surface area contributed by atoms with Crippen molar-refractivity contribution in [2.24, 2.45) is 5.92 Å². The van der Waals surface area contributed by atoms with Crippen LogP contribution in [0.4, 0.5) is 5.82 Å². The molecule has 4 heterocycles. The Morgan fingerprint density at radius 1 is 1.31 bits per heavy atom. The van der Waals surface area contributed by atoms with Gasteiger partial charge in [0.15, 0.2) is 11.3 Å². The number of aryl methyl sites for hydroxylation is 1. The fourth-order valence-corrected chi connectivity index (χ4v) is 3.76. The van der Waals surface area contributed by atoms with Crippen LogP contribution >= 0.6 is 0 Å². The predicted octanol–water partition coefficient (Wildman–Crippen LogP) is 1.70. The molecule has 0 aromatic carbocycles. The number of rotatable bonds is 3. The van der Waals surface area contributed by atoms with E-state index in [1.165, 1.54) is 0 Å². The summed E-state index contributed by atoms with van der Waals surface area (Å²) in [6, 6.07) is 2.35. The van der Waals surface area contributed by atoms with Crippen molar-refractivity contribution in [1.29, 1.82) is 0 Å². The van der Waals surface area contributed by atoms with Gasteiger partial charge in [0.25, 0.3) is 0 Å². The molecule has 134 valence electrons. The first-order chi connectivity index (χ1) is 12.7. The molecule has 1 saturated heterocycles. The molecule has 1 unspecified atom stereocenters. The molecule has 1 amide bonds. The second-order valence-electron chi connectivity index (χ2n) is 7.32. The van der Waals surface area contributed by atoms with E-state index in [4.69, 9.17) is 4.98 Å². The summed E-state index contributed by atoms with van der Waals surface area (Å²) in [5.41, 5.74) is 1.33. The molecule has 5 rings (SSSR count). The van der Waals surface area contributed by atoms with Gasteiger partial charge in [-0.3, -0.25) is 4.79 Å². The van der Waals surface area contributed by atoms with E-state index in [1.807, 2.05) is 13.0 Å². The molecular weight excluding hydrogens is 330 g/mol. The molecule has 1 atom stereocenters. The number of fused-ring (bicyclic) bond motifs is 3. The standard InChI is InChI=1S/C18H21N7O/c1-10-20-16-14(13-6-7-19-15(13)23-24-16)17(21-10)25-8-2-3-11(9-25)18(26)22-12-4-5-12/h6-7,11-12H,2-5,8-9H2,1H3,(H,22,26)(H,20,21,24). The number of piperidine rings is 1. The number of hydrogen-bond acceptors (Lipinski definition) is 6. The molecule has 1 aliphatic heterocycles. The van der Waals surface area contributed by atoms with Crippen molar-refractivity contribution in [1.82, 2.24) is 30.5 Å². The van der Waals surface area contributed by atoms with Crippen molar-refractivity contribution < 1.29 is 4.79 Å². The van der Waals surface area contributed by atoms with Crippen LogP contribution in [-0.2, 0) is 4.79 Å². The van der Waals surface area contributed by atoms with E-state index >= 15 is 0 Å². The van der Waals surface area contributed by atoms with E-state index in [9.17, 15) is 4.79 Å². The lowest BCUT2D eigenvalue weighted by Gasteiger charge is -2.33. The lowest BCUT2D eigenvalue weighted by Crippen LogP contribution is -2.44. The van der Waals surface area contributed by atoms with E-state index in [0.717, 1.165) is 54.6 Å². The quantitative estimate of drug-likeness (QED) is 0.745. The van der Waals surface area contributed by atoms with Crippen LogP contribution in [0.15, 0.2) is 12.3 Å². The third-order valence-electron chi connectivity index (χ3n) is 5.24. The summed E-state index contributed by atoms with van der Waals surface area (Å²) in [5, 5.41) is 13.5. The highest BCUT2D eigenvalue weighted by Gasteiger charge is 2.31. The number of H-pyrrole nitrogens is 1. The van der Waals surface area contributed by atoms with E-state index < -0.39 is 0 Å². The number of hydrogen-bond donors (Lipinski definition) is 2. The molecule has 3 aromatic heterocycles. The first-order valence-electron chi connectivity index (χ1n) is 9.22. The molecule has 2 fully saturated rings. The second kappa shape index (κ2) is 5.89. The Hall–Kier alpha value is -2.77. The number of amides is 1. The maximum atomic E-state index is 12.5. The topological polar surface area (TPSA) is 99.7 Å². The van der Waals surface area contributed by atoms with E-state index in [2.05, 4.69) is 30.4 Å². The minimum atomic E-state index is 0.00812. The van der Waals surface area contributed by atoms with E-state index in [0.29, 0.717) is 23.9 Å². The molecule has 2 N–H and O–H groups in total. The highest BCUT2D eigenvalue weighted by molar-refractivity contribution is 6.07. The largest absolute Gasteiger partial charge is 0.355 e. The summed E-state index contributed by atoms with van der Waals surface area (Å²) in [4.78, 5) is 27.0. The Balaban J connectivity index is 1.54. The monoisotopic (exact) mass is 351 g/mol. The average Bonchev–Trinajstić information content (AvgIpc) is 3.33. The zero-order valence-electron chi connectivity index (χ0n) is 14.7. The molecule has 0 bridgehead atoms. The van der Waals surface area contributed by atoms with Crippen LogP contribution in [0.5, 0.6) is 0 Å². The van der Waals surface area contributed by atoms with Crippen molar-refractivity contribution in [2.45, 2.75) is 38.6 Å². The number of aromatic amines is 1. The normalized spacial score (nSPS) is 20.7. The minimum Gasteiger partial charge on any atom is -0.355 e. The van der Waals surface area contributed by atoms with Crippen molar-refractivity contribution in [3.8, 4) is 0 Å². The van der Waals surface area contributed by atoms with Gasteiger partial charge in [0, 0.05) is 30.7 Å². The molecule has 8 heteroatoms. The second-order valence-corrected chi connectivity index (χ2v) is 7.32.